The van der Waals surface area contributed by atoms with E-state index in [9.17, 15) is 0 Å². The Kier molecular flexibility index (Phi) is 11.5. The first-order valence-electron chi connectivity index (χ1n) is 26.8. The zero-order valence-electron chi connectivity index (χ0n) is 43.1. The van der Waals surface area contributed by atoms with Crippen molar-refractivity contribution in [2.24, 2.45) is 0 Å². The molecule has 8 nitrogen and oxygen atoms in total. The highest BCUT2D eigenvalue weighted by Gasteiger charge is 2.41. The second-order valence-corrected chi connectivity index (χ2v) is 20.3. The van der Waals surface area contributed by atoms with Gasteiger partial charge in [-0.25, -0.2) is 29.9 Å². The first kappa shape index (κ1) is 46.6. The maximum atomic E-state index is 5.06. The smallest absolute Gasteiger partial charge is 0.164 e. The Hall–Kier alpha value is -10.7. The van der Waals surface area contributed by atoms with Crippen molar-refractivity contribution < 1.29 is 0 Å². The molecule has 80 heavy (non-hydrogen) atoms. The van der Waals surface area contributed by atoms with Crippen LogP contribution in [0.2, 0.25) is 0 Å². The van der Waals surface area contributed by atoms with E-state index < -0.39 is 0 Å². The molecule has 0 amide bonds. The minimum absolute atomic E-state index is 0.110. The van der Waals surface area contributed by atoms with Crippen LogP contribution in [0.3, 0.4) is 0 Å². The maximum Gasteiger partial charge on any atom is 0.164 e. The highest BCUT2D eigenvalue weighted by Crippen LogP contribution is 2.57. The van der Waals surface area contributed by atoms with Gasteiger partial charge in [0.1, 0.15) is 0 Å². The Labute approximate surface area is 463 Å². The van der Waals surface area contributed by atoms with E-state index in [1.54, 1.807) is 12.4 Å². The van der Waals surface area contributed by atoms with Crippen LogP contribution in [0, 0.1) is 0 Å². The van der Waals surface area contributed by atoms with Crippen molar-refractivity contribution in [3.05, 3.63) is 301 Å². The molecule has 0 N–H and O–H groups in total. The second-order valence-electron chi connectivity index (χ2n) is 20.3. The molecule has 0 aliphatic heterocycles. The van der Waals surface area contributed by atoms with Crippen LogP contribution in [0.4, 0.5) is 0 Å². The quantitative estimate of drug-likeness (QED) is 0.133. The van der Waals surface area contributed by atoms with Crippen molar-refractivity contribution >= 4 is 0 Å². The summed E-state index contributed by atoms with van der Waals surface area (Å²) in [5, 5.41) is 0. The van der Waals surface area contributed by atoms with Crippen LogP contribution in [-0.2, 0) is 0 Å². The summed E-state index contributed by atoms with van der Waals surface area (Å²) < 4.78 is 0. The third-order valence-corrected chi connectivity index (χ3v) is 15.6. The summed E-state index contributed by atoms with van der Waals surface area (Å²) >= 11 is 0. The molecule has 8 heteroatoms. The minimum atomic E-state index is 0.110. The van der Waals surface area contributed by atoms with Crippen molar-refractivity contribution in [3.8, 4) is 113 Å². The third kappa shape index (κ3) is 8.52. The third-order valence-electron chi connectivity index (χ3n) is 15.6. The lowest BCUT2D eigenvalue weighted by molar-refractivity contribution is 0.755. The maximum absolute atomic E-state index is 5.06. The van der Waals surface area contributed by atoms with E-state index in [1.807, 2.05) is 85.2 Å². The van der Waals surface area contributed by atoms with Crippen LogP contribution in [0.25, 0.3) is 113 Å². The van der Waals surface area contributed by atoms with E-state index >= 15 is 0 Å². The average molecular weight is 1020 g/mol. The van der Waals surface area contributed by atoms with Crippen molar-refractivity contribution in [1.29, 1.82) is 0 Å². The molecule has 3 aliphatic carbocycles. The normalized spacial score (nSPS) is 13.8. The van der Waals surface area contributed by atoms with Crippen LogP contribution in [0.1, 0.15) is 45.2 Å². The zero-order valence-corrected chi connectivity index (χ0v) is 43.1. The van der Waals surface area contributed by atoms with Gasteiger partial charge in [-0.3, -0.25) is 9.97 Å². The fraction of sp³-hybridized carbons (Fsp3) is 0.0278. The predicted octanol–water partition coefficient (Wildman–Crippen LogP) is 16.5. The minimum Gasteiger partial charge on any atom is -0.264 e. The lowest BCUT2D eigenvalue weighted by Gasteiger charge is -2.42. The summed E-state index contributed by atoms with van der Waals surface area (Å²) in [6.45, 7) is 0. The molecule has 3 aliphatic rings. The Morgan fingerprint density at radius 1 is 0.188 bits per heavy atom. The molecule has 0 saturated carbocycles. The summed E-state index contributed by atoms with van der Waals surface area (Å²) in [4.78, 5) is 38.8. The highest BCUT2D eigenvalue weighted by molar-refractivity contribution is 5.79. The van der Waals surface area contributed by atoms with Crippen LogP contribution in [-0.4, -0.2) is 39.9 Å². The molecule has 16 rings (SSSR count). The number of benzene rings is 9. The predicted molar refractivity (Wildman–Crippen MR) is 318 cm³/mol. The second kappa shape index (κ2) is 19.7. The zero-order chi connectivity index (χ0) is 52.9. The van der Waals surface area contributed by atoms with Gasteiger partial charge in [-0.2, -0.15) is 0 Å². The number of aromatic nitrogens is 8. The number of hydrogen-bond acceptors (Lipinski definition) is 8. The fourth-order valence-electron chi connectivity index (χ4n) is 11.6. The Bertz CT molecular complexity index is 4130. The summed E-state index contributed by atoms with van der Waals surface area (Å²) in [5.74, 6) is 3.96. The van der Waals surface area contributed by atoms with Gasteiger partial charge in [0, 0.05) is 70.0 Å². The molecule has 0 radical (unpaired) electrons. The molecule has 0 saturated heterocycles. The molecule has 9 aromatic carbocycles. The molecule has 0 fully saturated rings. The van der Waals surface area contributed by atoms with E-state index in [1.165, 1.54) is 44.5 Å². The molecular weight excluding hydrogens is 977 g/mol. The number of pyridine rings is 2. The first-order valence-corrected chi connectivity index (χ1v) is 26.8. The van der Waals surface area contributed by atoms with Crippen LogP contribution in [0.5, 0.6) is 0 Å². The van der Waals surface area contributed by atoms with E-state index in [0.29, 0.717) is 34.9 Å². The van der Waals surface area contributed by atoms with Gasteiger partial charge in [0.2, 0.25) is 0 Å². The molecule has 2 unspecified atom stereocenters. The van der Waals surface area contributed by atoms with Gasteiger partial charge >= 0.3 is 0 Å². The van der Waals surface area contributed by atoms with Crippen molar-refractivity contribution in [2.75, 3.05) is 0 Å². The molecule has 13 aromatic rings. The number of hydrogen-bond donors (Lipinski definition) is 0. The van der Waals surface area contributed by atoms with Gasteiger partial charge in [-0.15, -0.1) is 0 Å². The van der Waals surface area contributed by atoms with E-state index in [-0.39, 0.29) is 11.8 Å². The van der Waals surface area contributed by atoms with E-state index in [2.05, 4.69) is 180 Å². The largest absolute Gasteiger partial charge is 0.264 e. The van der Waals surface area contributed by atoms with Crippen molar-refractivity contribution in [2.45, 2.75) is 11.8 Å². The molecule has 374 valence electrons. The highest BCUT2D eigenvalue weighted by atomic mass is 15.0. The molecule has 2 bridgehead atoms. The van der Waals surface area contributed by atoms with Crippen molar-refractivity contribution in [3.63, 3.8) is 0 Å². The summed E-state index contributed by atoms with van der Waals surface area (Å²) in [6, 6.07) is 85.3. The average Bonchev–Trinajstić information content (AvgIpc) is 3.69. The van der Waals surface area contributed by atoms with E-state index in [0.717, 1.165) is 66.8 Å². The number of rotatable bonds is 10. The molecular formula is C72H46N8. The van der Waals surface area contributed by atoms with Gasteiger partial charge < -0.3 is 0 Å². The van der Waals surface area contributed by atoms with Crippen molar-refractivity contribution in [1.82, 2.24) is 39.9 Å². The first-order chi connectivity index (χ1) is 39.6. The molecule has 0 spiro atoms. The van der Waals surface area contributed by atoms with Crippen LogP contribution in [0.15, 0.2) is 267 Å². The Morgan fingerprint density at radius 2 is 0.438 bits per heavy atom. The fourth-order valence-corrected chi connectivity index (χ4v) is 11.6. The standard InChI is InChI=1S/C72H46N8/c1-3-11-49(12-4-1)67-75-69(79-71(77-67)53-31-23-47(24-32-53)57-15-9-39-73-43-57)51-27-19-45(20-28-51)55-35-37-61-63(41-55)65-59-17-7-8-18-60(59)66(61)64-42-56(36-38-62(64)65)46-21-29-52(30-22-46)70-76-68(50-13-5-2-6-14-50)78-72(80-70)54-33-25-48(26-34-54)58-16-10-40-74-44-58/h1-44,65-66H. The SMILES string of the molecule is c1ccc(-c2nc(-c3ccc(-c4cccnc4)cc3)nc(-c3ccc(-c4ccc5c(c4)C4c6ccccc6C5c5cc(-c6ccc(-c7nc(-c8ccccc8)nc(-c8ccc(-c9cccnc9)cc8)n7)cc6)ccc54)cc3)n2)cc1. The molecule has 4 aromatic heterocycles. The van der Waals surface area contributed by atoms with Gasteiger partial charge in [0.25, 0.3) is 0 Å². The lowest BCUT2D eigenvalue weighted by atomic mass is 9.60. The molecule has 4 heterocycles. The lowest BCUT2D eigenvalue weighted by Crippen LogP contribution is -2.27. The van der Waals surface area contributed by atoms with Gasteiger partial charge in [0.05, 0.1) is 0 Å². The number of nitrogens with zero attached hydrogens (tertiary/aromatic N) is 8. The topological polar surface area (TPSA) is 103 Å². The summed E-state index contributed by atoms with van der Waals surface area (Å²) in [6.07, 6.45) is 7.33. The van der Waals surface area contributed by atoms with Gasteiger partial charge in [0.15, 0.2) is 34.9 Å². The van der Waals surface area contributed by atoms with Gasteiger partial charge in [-0.1, -0.05) is 218 Å². The van der Waals surface area contributed by atoms with Gasteiger partial charge in [-0.05, 0) is 102 Å². The van der Waals surface area contributed by atoms with E-state index in [4.69, 9.17) is 29.9 Å². The van der Waals surface area contributed by atoms with Crippen LogP contribution < -0.4 is 0 Å². The molecule has 2 atom stereocenters. The monoisotopic (exact) mass is 1020 g/mol. The summed E-state index contributed by atoms with van der Waals surface area (Å²) in [5.41, 5.74) is 22.6. The Balaban J connectivity index is 0.727. The van der Waals surface area contributed by atoms with Crippen LogP contribution >= 0.6 is 0 Å². The Morgan fingerprint density at radius 3 is 0.750 bits per heavy atom. The summed E-state index contributed by atoms with van der Waals surface area (Å²) in [7, 11) is 0.